The fourth-order valence-electron chi connectivity index (χ4n) is 2.13. The Labute approximate surface area is 113 Å². The highest BCUT2D eigenvalue weighted by molar-refractivity contribution is 6.76. The van der Waals surface area contributed by atoms with Crippen molar-refractivity contribution >= 4 is 8.07 Å². The van der Waals surface area contributed by atoms with E-state index in [1.165, 1.54) is 30.0 Å². The predicted octanol–water partition coefficient (Wildman–Crippen LogP) is 4.45. The molecule has 1 N–H and O–H groups in total. The fraction of sp³-hybridized carbons (Fsp3) is 0.500. The third kappa shape index (κ3) is 7.46. The molecule has 0 fully saturated rings. The van der Waals surface area contributed by atoms with Crippen LogP contribution < -0.4 is 5.32 Å². The first-order chi connectivity index (χ1) is 8.47. The zero-order valence-electron chi connectivity index (χ0n) is 12.1. The lowest BCUT2D eigenvalue weighted by Crippen LogP contribution is -2.20. The molecule has 0 spiro atoms. The van der Waals surface area contributed by atoms with Crippen molar-refractivity contribution in [2.75, 3.05) is 6.54 Å². The Kier molecular flexibility index (Phi) is 6.37. The minimum atomic E-state index is -0.961. The number of allylic oxidation sites excluding steroid dienone is 1. The molecule has 0 heterocycles. The number of hydrogen-bond acceptors (Lipinski definition) is 1. The summed E-state index contributed by atoms with van der Waals surface area (Å²) >= 11 is 0. The van der Waals surface area contributed by atoms with Crippen LogP contribution in [0, 0.1) is 0 Å². The Balaban J connectivity index is 2.07. The van der Waals surface area contributed by atoms with Gasteiger partial charge in [-0.05, 0) is 31.0 Å². The molecule has 0 aromatic heterocycles. The first-order valence-electron chi connectivity index (χ1n) is 6.89. The van der Waals surface area contributed by atoms with Gasteiger partial charge in [0.1, 0.15) is 0 Å². The molecule has 1 nitrogen and oxygen atoms in total. The summed E-state index contributed by atoms with van der Waals surface area (Å²) in [5.74, 6) is 0. The van der Waals surface area contributed by atoms with Gasteiger partial charge in [0.2, 0.25) is 0 Å². The smallest absolute Gasteiger partial charge is 0.0483 e. The highest BCUT2D eigenvalue weighted by Gasteiger charge is 2.13. The summed E-state index contributed by atoms with van der Waals surface area (Å²) in [7, 11) is -0.961. The Morgan fingerprint density at radius 1 is 1.17 bits per heavy atom. The molecule has 0 aliphatic carbocycles. The molecule has 1 aromatic carbocycles. The van der Waals surface area contributed by atoms with E-state index in [4.69, 9.17) is 0 Å². The third-order valence-electron chi connectivity index (χ3n) is 2.84. The largest absolute Gasteiger partial charge is 0.313 e. The molecule has 0 aliphatic rings. The van der Waals surface area contributed by atoms with E-state index < -0.39 is 8.07 Å². The van der Waals surface area contributed by atoms with E-state index in [1.54, 1.807) is 0 Å². The molecule has 0 saturated heterocycles. The zero-order chi connectivity index (χ0) is 13.4. The molecule has 2 heteroatoms. The minimum absolute atomic E-state index is 0.961. The van der Waals surface area contributed by atoms with E-state index in [0.29, 0.717) is 0 Å². The lowest BCUT2D eigenvalue weighted by atomic mass is 10.2. The van der Waals surface area contributed by atoms with Crippen LogP contribution in [0.25, 0.3) is 0 Å². The van der Waals surface area contributed by atoms with Crippen molar-refractivity contribution in [2.45, 2.75) is 45.1 Å². The average Bonchev–Trinajstić information content (AvgIpc) is 2.27. The predicted molar refractivity (Wildman–Crippen MR) is 84.7 cm³/mol. The van der Waals surface area contributed by atoms with E-state index in [0.717, 1.165) is 13.1 Å². The van der Waals surface area contributed by atoms with Gasteiger partial charge in [0, 0.05) is 14.6 Å². The summed E-state index contributed by atoms with van der Waals surface area (Å²) in [6.45, 7) is 13.5. The number of benzene rings is 1. The Hall–Kier alpha value is -0.863. The molecular formula is C16H27NSi. The minimum Gasteiger partial charge on any atom is -0.313 e. The summed E-state index contributed by atoms with van der Waals surface area (Å²) in [6, 6.07) is 11.8. The Morgan fingerprint density at radius 3 is 2.44 bits per heavy atom. The molecule has 100 valence electrons. The standard InChI is InChI=1S/C16H27NSi/c1-15(14-18(2,3)4)9-8-12-17-13-16-10-6-5-7-11-16/h5-7,10-11,17H,1,8-9,12-14H2,2-4H3. The van der Waals surface area contributed by atoms with Crippen molar-refractivity contribution in [2.24, 2.45) is 0 Å². The van der Waals surface area contributed by atoms with Crippen LogP contribution in [-0.4, -0.2) is 14.6 Å². The van der Waals surface area contributed by atoms with Crippen LogP contribution >= 0.6 is 0 Å². The van der Waals surface area contributed by atoms with Gasteiger partial charge in [-0.15, -0.1) is 6.58 Å². The van der Waals surface area contributed by atoms with Gasteiger partial charge in [0.25, 0.3) is 0 Å². The van der Waals surface area contributed by atoms with E-state index in [9.17, 15) is 0 Å². The Bertz CT molecular complexity index is 351. The first-order valence-corrected chi connectivity index (χ1v) is 10.6. The van der Waals surface area contributed by atoms with Gasteiger partial charge >= 0.3 is 0 Å². The van der Waals surface area contributed by atoms with Crippen LogP contribution in [0.1, 0.15) is 18.4 Å². The zero-order valence-corrected chi connectivity index (χ0v) is 13.1. The van der Waals surface area contributed by atoms with Crippen LogP contribution in [0.5, 0.6) is 0 Å². The Morgan fingerprint density at radius 2 is 1.83 bits per heavy atom. The summed E-state index contributed by atoms with van der Waals surface area (Å²) < 4.78 is 0. The molecule has 0 bridgehead atoms. The van der Waals surface area contributed by atoms with Crippen LogP contribution in [0.2, 0.25) is 25.7 Å². The SMILES string of the molecule is C=C(CCCNCc1ccccc1)C[Si](C)(C)C. The highest BCUT2D eigenvalue weighted by atomic mass is 28.3. The van der Waals surface area contributed by atoms with Crippen molar-refractivity contribution in [3.8, 4) is 0 Å². The average molecular weight is 261 g/mol. The summed E-state index contributed by atoms with van der Waals surface area (Å²) in [6.07, 6.45) is 2.38. The number of hydrogen-bond donors (Lipinski definition) is 1. The summed E-state index contributed by atoms with van der Waals surface area (Å²) in [5.41, 5.74) is 2.80. The van der Waals surface area contributed by atoms with Gasteiger partial charge < -0.3 is 5.32 Å². The molecule has 18 heavy (non-hydrogen) atoms. The van der Waals surface area contributed by atoms with Gasteiger partial charge in [0.05, 0.1) is 0 Å². The van der Waals surface area contributed by atoms with Crippen molar-refractivity contribution in [3.63, 3.8) is 0 Å². The third-order valence-corrected chi connectivity index (χ3v) is 4.40. The van der Waals surface area contributed by atoms with E-state index in [1.807, 2.05) is 0 Å². The van der Waals surface area contributed by atoms with Crippen LogP contribution in [0.4, 0.5) is 0 Å². The second kappa shape index (κ2) is 7.55. The van der Waals surface area contributed by atoms with Crippen molar-refractivity contribution in [3.05, 3.63) is 48.0 Å². The van der Waals surface area contributed by atoms with Gasteiger partial charge in [0.15, 0.2) is 0 Å². The topological polar surface area (TPSA) is 12.0 Å². The molecular weight excluding hydrogens is 234 g/mol. The molecule has 1 rings (SSSR count). The monoisotopic (exact) mass is 261 g/mol. The molecule has 0 saturated carbocycles. The van der Waals surface area contributed by atoms with E-state index >= 15 is 0 Å². The van der Waals surface area contributed by atoms with E-state index in [-0.39, 0.29) is 0 Å². The summed E-state index contributed by atoms with van der Waals surface area (Å²) in [5, 5.41) is 3.49. The molecule has 0 aliphatic heterocycles. The van der Waals surface area contributed by atoms with E-state index in [2.05, 4.69) is 61.9 Å². The molecule has 0 atom stereocenters. The molecule has 0 radical (unpaired) electrons. The number of rotatable bonds is 8. The molecule has 0 unspecified atom stereocenters. The van der Waals surface area contributed by atoms with Gasteiger partial charge in [-0.2, -0.15) is 0 Å². The maximum atomic E-state index is 4.20. The molecule has 0 amide bonds. The second-order valence-corrected chi connectivity index (χ2v) is 11.7. The number of nitrogens with one attached hydrogen (secondary N) is 1. The first kappa shape index (κ1) is 15.2. The highest BCUT2D eigenvalue weighted by Crippen LogP contribution is 2.18. The fourth-order valence-corrected chi connectivity index (χ4v) is 3.81. The molecule has 1 aromatic rings. The lowest BCUT2D eigenvalue weighted by molar-refractivity contribution is 0.648. The van der Waals surface area contributed by atoms with Gasteiger partial charge in [-0.3, -0.25) is 0 Å². The lowest BCUT2D eigenvalue weighted by Gasteiger charge is -2.17. The normalized spacial score (nSPS) is 11.5. The summed E-state index contributed by atoms with van der Waals surface area (Å²) in [4.78, 5) is 0. The quantitative estimate of drug-likeness (QED) is 0.414. The maximum absolute atomic E-state index is 4.20. The van der Waals surface area contributed by atoms with Gasteiger partial charge in [-0.1, -0.05) is 55.5 Å². The maximum Gasteiger partial charge on any atom is 0.0483 e. The van der Waals surface area contributed by atoms with Crippen molar-refractivity contribution < 1.29 is 0 Å². The van der Waals surface area contributed by atoms with Crippen molar-refractivity contribution in [1.29, 1.82) is 0 Å². The van der Waals surface area contributed by atoms with Crippen LogP contribution in [-0.2, 0) is 6.54 Å². The van der Waals surface area contributed by atoms with Crippen molar-refractivity contribution in [1.82, 2.24) is 5.32 Å². The van der Waals surface area contributed by atoms with Crippen LogP contribution in [0.3, 0.4) is 0 Å². The van der Waals surface area contributed by atoms with Gasteiger partial charge in [-0.25, -0.2) is 0 Å². The second-order valence-electron chi connectivity index (χ2n) is 6.25. The van der Waals surface area contributed by atoms with Crippen LogP contribution in [0.15, 0.2) is 42.5 Å².